The molecule has 1 saturated carbocycles. The van der Waals surface area contributed by atoms with E-state index in [0.717, 1.165) is 40.6 Å². The van der Waals surface area contributed by atoms with Crippen LogP contribution in [0.4, 0.5) is 0 Å². The van der Waals surface area contributed by atoms with Gasteiger partial charge < -0.3 is 15.3 Å². The lowest BCUT2D eigenvalue weighted by atomic mass is 9.88. The molecule has 3 aromatic carbocycles. The zero-order valence-electron chi connectivity index (χ0n) is 23.8. The van der Waals surface area contributed by atoms with Crippen LogP contribution in [0.1, 0.15) is 78.8 Å². The first-order valence-electron chi connectivity index (χ1n) is 14.2. The van der Waals surface area contributed by atoms with E-state index >= 15 is 0 Å². The molecule has 1 heterocycles. The van der Waals surface area contributed by atoms with Gasteiger partial charge in [0.05, 0.1) is 29.3 Å². The maximum atomic E-state index is 11.5. The van der Waals surface area contributed by atoms with Gasteiger partial charge in [0, 0.05) is 21.4 Å². The summed E-state index contributed by atoms with van der Waals surface area (Å²) in [7, 11) is 0. The summed E-state index contributed by atoms with van der Waals surface area (Å²) in [6.07, 6.45) is 5.63. The van der Waals surface area contributed by atoms with Gasteiger partial charge in [0.15, 0.2) is 0 Å². The highest BCUT2D eigenvalue weighted by atomic mass is 35.5. The van der Waals surface area contributed by atoms with Gasteiger partial charge in [-0.2, -0.15) is 11.8 Å². The fourth-order valence-electron chi connectivity index (χ4n) is 5.37. The van der Waals surface area contributed by atoms with Crippen LogP contribution in [-0.4, -0.2) is 32.0 Å². The third kappa shape index (κ3) is 7.61. The molecule has 0 aliphatic heterocycles. The number of aliphatic hydroxyl groups excluding tert-OH is 1. The van der Waals surface area contributed by atoms with E-state index in [2.05, 4.69) is 12.1 Å². The van der Waals surface area contributed by atoms with Crippen LogP contribution in [-0.2, 0) is 10.4 Å². The number of carbonyl (C=O) groups is 1. The Bertz CT molecular complexity index is 1610. The van der Waals surface area contributed by atoms with Gasteiger partial charge in [-0.1, -0.05) is 78.3 Å². The molecule has 7 heteroatoms. The number of aromatic nitrogens is 1. The second kappa shape index (κ2) is 12.6. The van der Waals surface area contributed by atoms with Crippen molar-refractivity contribution in [3.8, 4) is 0 Å². The molecular weight excluding hydrogens is 566 g/mol. The van der Waals surface area contributed by atoms with Crippen molar-refractivity contribution in [1.82, 2.24) is 4.98 Å². The molecule has 1 aliphatic carbocycles. The predicted octanol–water partition coefficient (Wildman–Crippen LogP) is 8.44. The Labute approximate surface area is 256 Å². The SMILES string of the molecule is CC(C)(O)c1ccccc1[C@@H](O)C[C@@H](SCC1(CC(=O)O)CC1)c1cccc(/C=C/c2ccc3ccc(Cl)cc3n2)c1. The number of thioether (sulfide) groups is 1. The first-order chi connectivity index (χ1) is 20.0. The number of aliphatic hydroxyl groups is 2. The van der Waals surface area contributed by atoms with Crippen LogP contribution in [0.5, 0.6) is 0 Å². The molecule has 1 fully saturated rings. The Morgan fingerprint density at radius 3 is 2.55 bits per heavy atom. The number of aliphatic carboxylic acids is 1. The molecule has 0 saturated heterocycles. The Hall–Kier alpha value is -3.16. The summed E-state index contributed by atoms with van der Waals surface area (Å²) >= 11 is 7.87. The van der Waals surface area contributed by atoms with Gasteiger partial charge in [0.25, 0.3) is 0 Å². The lowest BCUT2D eigenvalue weighted by Gasteiger charge is -2.27. The molecule has 42 heavy (non-hydrogen) atoms. The molecule has 0 radical (unpaired) electrons. The summed E-state index contributed by atoms with van der Waals surface area (Å²) in [5, 5.41) is 33.3. The molecule has 1 aliphatic rings. The van der Waals surface area contributed by atoms with Crippen LogP contribution in [0, 0.1) is 5.41 Å². The standard InChI is InChI=1S/C35H36ClNO4S/c1-34(2,41)29-9-4-3-8-28(29)31(38)20-32(42-22-35(16-17-35)21-33(39)40)25-7-5-6-23(18-25)10-14-27-15-12-24-11-13-26(36)19-30(24)37-27/h3-15,18-19,31-32,38,41H,16-17,20-22H2,1-2H3,(H,39,40)/b14-10+/t31-,32+/m0/s1. The number of benzene rings is 3. The molecule has 0 spiro atoms. The van der Waals surface area contributed by atoms with Gasteiger partial charge in [-0.25, -0.2) is 4.98 Å². The molecule has 0 unspecified atom stereocenters. The molecule has 3 N–H and O–H groups in total. The number of nitrogens with zero attached hydrogens (tertiary/aromatic N) is 1. The van der Waals surface area contributed by atoms with E-state index in [4.69, 9.17) is 16.6 Å². The van der Waals surface area contributed by atoms with E-state index in [-0.39, 0.29) is 17.1 Å². The molecule has 1 aromatic heterocycles. The van der Waals surface area contributed by atoms with Gasteiger partial charge in [0.1, 0.15) is 0 Å². The largest absolute Gasteiger partial charge is 0.481 e. The van der Waals surface area contributed by atoms with Crippen molar-refractivity contribution in [3.63, 3.8) is 0 Å². The van der Waals surface area contributed by atoms with Crippen molar-refractivity contribution < 1.29 is 20.1 Å². The first-order valence-corrected chi connectivity index (χ1v) is 15.6. The van der Waals surface area contributed by atoms with E-state index in [9.17, 15) is 20.1 Å². The number of fused-ring (bicyclic) bond motifs is 1. The van der Waals surface area contributed by atoms with Crippen molar-refractivity contribution in [2.24, 2.45) is 5.41 Å². The van der Waals surface area contributed by atoms with Crippen molar-refractivity contribution in [1.29, 1.82) is 0 Å². The lowest BCUT2D eigenvalue weighted by Crippen LogP contribution is -2.20. The molecule has 0 bridgehead atoms. The van der Waals surface area contributed by atoms with Crippen molar-refractivity contribution in [3.05, 3.63) is 112 Å². The third-order valence-corrected chi connectivity index (χ3v) is 9.78. The van der Waals surface area contributed by atoms with Gasteiger partial charge in [-0.15, -0.1) is 0 Å². The highest BCUT2D eigenvalue weighted by Crippen LogP contribution is 2.54. The maximum Gasteiger partial charge on any atom is 0.303 e. The summed E-state index contributed by atoms with van der Waals surface area (Å²) in [6, 6.07) is 25.4. The van der Waals surface area contributed by atoms with Crippen molar-refractivity contribution >= 4 is 52.4 Å². The molecule has 2 atom stereocenters. The van der Waals surface area contributed by atoms with Crippen molar-refractivity contribution in [2.75, 3.05) is 5.75 Å². The summed E-state index contributed by atoms with van der Waals surface area (Å²) in [6.45, 7) is 3.45. The van der Waals surface area contributed by atoms with Gasteiger partial charge in [-0.3, -0.25) is 4.79 Å². The quantitative estimate of drug-likeness (QED) is 0.151. The van der Waals surface area contributed by atoms with Crippen LogP contribution in [0.2, 0.25) is 5.02 Å². The Balaban J connectivity index is 1.40. The molecular formula is C35H36ClNO4S. The van der Waals surface area contributed by atoms with Crippen molar-refractivity contribution in [2.45, 2.75) is 56.5 Å². The normalized spacial score (nSPS) is 16.0. The number of rotatable bonds is 12. The summed E-state index contributed by atoms with van der Waals surface area (Å²) in [5.74, 6) is -0.0477. The first kappa shape index (κ1) is 30.3. The zero-order chi connectivity index (χ0) is 29.9. The van der Waals surface area contributed by atoms with E-state index in [0.29, 0.717) is 28.3 Å². The van der Waals surface area contributed by atoms with Gasteiger partial charge in [0.2, 0.25) is 0 Å². The minimum Gasteiger partial charge on any atom is -0.481 e. The van der Waals surface area contributed by atoms with Gasteiger partial charge >= 0.3 is 5.97 Å². The molecule has 4 aromatic rings. The second-order valence-corrected chi connectivity index (χ2v) is 13.5. The fraction of sp³-hybridized carbons (Fsp3) is 0.314. The average Bonchev–Trinajstić information content (AvgIpc) is 3.72. The molecule has 0 amide bonds. The number of pyridine rings is 1. The minimum absolute atomic E-state index is 0.0737. The highest BCUT2D eigenvalue weighted by molar-refractivity contribution is 7.99. The van der Waals surface area contributed by atoms with Gasteiger partial charge in [-0.05, 0) is 85.1 Å². The average molecular weight is 602 g/mol. The summed E-state index contributed by atoms with van der Waals surface area (Å²) in [5.41, 5.74) is 3.87. The van der Waals surface area contributed by atoms with E-state index in [1.165, 1.54) is 0 Å². The highest BCUT2D eigenvalue weighted by Gasteiger charge is 2.44. The van der Waals surface area contributed by atoms with Crippen LogP contribution in [0.25, 0.3) is 23.1 Å². The number of carboxylic acids is 1. The van der Waals surface area contributed by atoms with E-state index < -0.39 is 17.7 Å². The zero-order valence-corrected chi connectivity index (χ0v) is 25.4. The van der Waals surface area contributed by atoms with Crippen LogP contribution in [0.3, 0.4) is 0 Å². The predicted molar refractivity (Wildman–Crippen MR) is 173 cm³/mol. The third-order valence-electron chi connectivity index (χ3n) is 7.89. The van der Waals surface area contributed by atoms with E-state index in [1.54, 1.807) is 25.6 Å². The smallest absolute Gasteiger partial charge is 0.303 e. The summed E-state index contributed by atoms with van der Waals surface area (Å²) < 4.78 is 0. The Morgan fingerprint density at radius 1 is 1.05 bits per heavy atom. The van der Waals surface area contributed by atoms with Crippen LogP contribution >= 0.6 is 23.4 Å². The maximum absolute atomic E-state index is 11.5. The fourth-order valence-corrected chi connectivity index (χ4v) is 7.13. The number of halogens is 1. The second-order valence-electron chi connectivity index (χ2n) is 11.8. The Morgan fingerprint density at radius 2 is 1.81 bits per heavy atom. The molecule has 5 nitrogen and oxygen atoms in total. The van der Waals surface area contributed by atoms with Crippen LogP contribution in [0.15, 0.2) is 78.9 Å². The number of carboxylic acid groups (broad SMARTS) is 1. The Kier molecular flexibility index (Phi) is 9.09. The summed E-state index contributed by atoms with van der Waals surface area (Å²) in [4.78, 5) is 16.2. The topological polar surface area (TPSA) is 90.7 Å². The molecule has 218 valence electrons. The number of hydrogen-bond donors (Lipinski definition) is 3. The molecule has 5 rings (SSSR count). The monoisotopic (exact) mass is 601 g/mol. The minimum atomic E-state index is -1.09. The van der Waals surface area contributed by atoms with Crippen LogP contribution < -0.4 is 0 Å². The van der Waals surface area contributed by atoms with E-state index in [1.807, 2.05) is 78.9 Å². The number of hydrogen-bond acceptors (Lipinski definition) is 5. The lowest BCUT2D eigenvalue weighted by molar-refractivity contribution is -0.138.